The van der Waals surface area contributed by atoms with Crippen molar-refractivity contribution in [3.05, 3.63) is 0 Å². The zero-order valence-electron chi connectivity index (χ0n) is 7.09. The van der Waals surface area contributed by atoms with Gasteiger partial charge >= 0.3 is 29.6 Å². The van der Waals surface area contributed by atoms with Crippen molar-refractivity contribution in [1.82, 2.24) is 0 Å². The Hall–Kier alpha value is 0.390. The molecule has 1 unspecified atom stereocenters. The summed E-state index contributed by atoms with van der Waals surface area (Å²) in [4.78, 5) is 9.97. The molecular formula is C6H14NNaO3. The number of carbonyl (C=O) groups is 1. The summed E-state index contributed by atoms with van der Waals surface area (Å²) >= 11 is 0. The number of carbonyl (C=O) groups excluding carboxylic acids is 1. The van der Waals surface area contributed by atoms with Crippen molar-refractivity contribution in [3.63, 3.8) is 0 Å². The summed E-state index contributed by atoms with van der Waals surface area (Å²) in [6, 6.07) is -0.773. The molecule has 1 atom stereocenters. The van der Waals surface area contributed by atoms with E-state index < -0.39 is 12.0 Å². The molecule has 0 aliphatic heterocycles. The second-order valence-electron chi connectivity index (χ2n) is 2.07. The van der Waals surface area contributed by atoms with E-state index in [0.717, 1.165) is 12.8 Å². The van der Waals surface area contributed by atoms with E-state index in [-0.39, 0.29) is 35.0 Å². The number of hydrogen-bond donors (Lipinski definition) is 1. The van der Waals surface area contributed by atoms with Crippen LogP contribution in [-0.4, -0.2) is 17.5 Å². The minimum absolute atomic E-state index is 0. The molecule has 0 aliphatic rings. The molecule has 0 spiro atoms. The molecule has 62 valence electrons. The minimum Gasteiger partial charge on any atom is -0.548 e. The average molecular weight is 171 g/mol. The summed E-state index contributed by atoms with van der Waals surface area (Å²) in [5, 5.41) is 9.97. The van der Waals surface area contributed by atoms with Gasteiger partial charge in [-0.2, -0.15) is 0 Å². The Bertz CT molecular complexity index is 99.8. The summed E-state index contributed by atoms with van der Waals surface area (Å²) in [5.41, 5.74) is 5.14. The molecule has 5 heteroatoms. The number of nitrogens with two attached hydrogens (primary N) is 1. The first-order valence-corrected chi connectivity index (χ1v) is 3.15. The van der Waals surface area contributed by atoms with Crippen molar-refractivity contribution in [2.75, 3.05) is 0 Å². The minimum atomic E-state index is -1.15. The monoisotopic (exact) mass is 171 g/mol. The second-order valence-corrected chi connectivity index (χ2v) is 2.07. The largest absolute Gasteiger partial charge is 1.00 e. The van der Waals surface area contributed by atoms with Crippen LogP contribution in [0.1, 0.15) is 26.2 Å². The molecular weight excluding hydrogens is 157 g/mol. The number of rotatable bonds is 4. The van der Waals surface area contributed by atoms with Gasteiger partial charge in [-0.05, 0) is 6.42 Å². The van der Waals surface area contributed by atoms with Crippen molar-refractivity contribution >= 4 is 5.97 Å². The van der Waals surface area contributed by atoms with Gasteiger partial charge in [0.1, 0.15) is 0 Å². The van der Waals surface area contributed by atoms with Gasteiger partial charge in [-0.3, -0.25) is 0 Å². The van der Waals surface area contributed by atoms with E-state index in [4.69, 9.17) is 5.73 Å². The predicted octanol–water partition coefficient (Wildman–Crippen LogP) is -4.57. The number of carboxylic acids is 1. The van der Waals surface area contributed by atoms with E-state index in [9.17, 15) is 9.90 Å². The molecule has 0 saturated heterocycles. The molecule has 0 aliphatic carbocycles. The van der Waals surface area contributed by atoms with Crippen LogP contribution in [0.15, 0.2) is 0 Å². The summed E-state index contributed by atoms with van der Waals surface area (Å²) in [5.74, 6) is -1.15. The molecule has 0 radical (unpaired) electrons. The quantitative estimate of drug-likeness (QED) is 0.431. The fraction of sp³-hybridized carbons (Fsp3) is 0.833. The van der Waals surface area contributed by atoms with Crippen molar-refractivity contribution in [2.24, 2.45) is 5.73 Å². The van der Waals surface area contributed by atoms with E-state index in [1.807, 2.05) is 6.92 Å². The Morgan fingerprint density at radius 2 is 2.09 bits per heavy atom. The molecule has 4 N–H and O–H groups in total. The molecule has 0 amide bonds. The molecule has 0 heterocycles. The maximum Gasteiger partial charge on any atom is 1.00 e. The van der Waals surface area contributed by atoms with E-state index in [1.54, 1.807) is 0 Å². The first kappa shape index (κ1) is 17.5. The van der Waals surface area contributed by atoms with Crippen LogP contribution < -0.4 is 40.4 Å². The second kappa shape index (κ2) is 10.4. The van der Waals surface area contributed by atoms with Crippen LogP contribution in [0.2, 0.25) is 0 Å². The number of hydrogen-bond acceptors (Lipinski definition) is 3. The Kier molecular flexibility index (Phi) is 16.5. The van der Waals surface area contributed by atoms with Crippen molar-refractivity contribution < 1.29 is 44.9 Å². The first-order valence-electron chi connectivity index (χ1n) is 3.15. The van der Waals surface area contributed by atoms with Crippen LogP contribution in [0.3, 0.4) is 0 Å². The SMILES string of the molecule is CCCCC(N)C(=O)[O-].O.[Na+]. The van der Waals surface area contributed by atoms with Crippen LogP contribution in [0.4, 0.5) is 0 Å². The Morgan fingerprint density at radius 1 is 1.64 bits per heavy atom. The first-order chi connectivity index (χ1) is 4.18. The van der Waals surface area contributed by atoms with Gasteiger partial charge in [0.2, 0.25) is 0 Å². The van der Waals surface area contributed by atoms with E-state index >= 15 is 0 Å². The van der Waals surface area contributed by atoms with E-state index in [1.165, 1.54) is 0 Å². The van der Waals surface area contributed by atoms with Crippen molar-refractivity contribution in [3.8, 4) is 0 Å². The van der Waals surface area contributed by atoms with Crippen LogP contribution in [0, 0.1) is 0 Å². The van der Waals surface area contributed by atoms with Crippen LogP contribution in [0.5, 0.6) is 0 Å². The Balaban J connectivity index is -0.000000320. The van der Waals surface area contributed by atoms with Crippen LogP contribution in [-0.2, 0) is 4.79 Å². The zero-order valence-corrected chi connectivity index (χ0v) is 9.09. The fourth-order valence-electron chi connectivity index (χ4n) is 0.542. The summed E-state index contributed by atoms with van der Waals surface area (Å²) in [6.45, 7) is 1.99. The van der Waals surface area contributed by atoms with Gasteiger partial charge in [0.05, 0.1) is 5.97 Å². The standard InChI is InChI=1S/C6H13NO2.Na.H2O/c1-2-3-4-5(7)6(8)9;;/h5H,2-4,7H2,1H3,(H,8,9);;1H2/q;+1;/p-1. The number of unbranched alkanes of at least 4 members (excludes halogenated alkanes) is 1. The number of carboxylic acid groups (broad SMARTS) is 1. The molecule has 0 fully saturated rings. The third kappa shape index (κ3) is 10.4. The Morgan fingerprint density at radius 3 is 2.36 bits per heavy atom. The number of aliphatic carboxylic acids is 1. The van der Waals surface area contributed by atoms with Gasteiger partial charge in [-0.25, -0.2) is 0 Å². The van der Waals surface area contributed by atoms with Crippen LogP contribution >= 0.6 is 0 Å². The van der Waals surface area contributed by atoms with Gasteiger partial charge < -0.3 is 21.1 Å². The van der Waals surface area contributed by atoms with E-state index in [2.05, 4.69) is 0 Å². The van der Waals surface area contributed by atoms with Gasteiger partial charge in [-0.15, -0.1) is 0 Å². The average Bonchev–Trinajstić information content (AvgIpc) is 1.82. The Labute approximate surface area is 88.8 Å². The maximum absolute atomic E-state index is 9.97. The molecule has 0 rings (SSSR count). The topological polar surface area (TPSA) is 97.7 Å². The zero-order chi connectivity index (χ0) is 7.28. The van der Waals surface area contributed by atoms with Crippen molar-refractivity contribution in [1.29, 1.82) is 0 Å². The van der Waals surface area contributed by atoms with Gasteiger partial charge in [0.15, 0.2) is 0 Å². The normalized spacial score (nSPS) is 10.7. The van der Waals surface area contributed by atoms with E-state index in [0.29, 0.717) is 6.42 Å². The fourth-order valence-corrected chi connectivity index (χ4v) is 0.542. The predicted molar refractivity (Wildman–Crippen MR) is 36.1 cm³/mol. The van der Waals surface area contributed by atoms with Gasteiger partial charge in [0, 0.05) is 6.04 Å². The maximum atomic E-state index is 9.97. The molecule has 11 heavy (non-hydrogen) atoms. The molecule has 0 aromatic heterocycles. The summed E-state index contributed by atoms with van der Waals surface area (Å²) < 4.78 is 0. The van der Waals surface area contributed by atoms with Crippen LogP contribution in [0.25, 0.3) is 0 Å². The summed E-state index contributed by atoms with van der Waals surface area (Å²) in [6.07, 6.45) is 2.36. The molecule has 0 saturated carbocycles. The van der Waals surface area contributed by atoms with Gasteiger partial charge in [-0.1, -0.05) is 19.8 Å². The smallest absolute Gasteiger partial charge is 0.548 e. The summed E-state index contributed by atoms with van der Waals surface area (Å²) in [7, 11) is 0. The van der Waals surface area contributed by atoms with Gasteiger partial charge in [0.25, 0.3) is 0 Å². The molecule has 4 nitrogen and oxygen atoms in total. The van der Waals surface area contributed by atoms with Crippen molar-refractivity contribution in [2.45, 2.75) is 32.2 Å². The molecule has 0 aromatic rings. The molecule has 0 aromatic carbocycles. The third-order valence-corrected chi connectivity index (χ3v) is 1.17. The molecule has 0 bridgehead atoms. The third-order valence-electron chi connectivity index (χ3n) is 1.17.